The lowest BCUT2D eigenvalue weighted by molar-refractivity contribution is 0.248. The molecule has 1 aliphatic rings. The van der Waals surface area contributed by atoms with Crippen molar-refractivity contribution in [2.24, 2.45) is 5.16 Å². The Kier molecular flexibility index (Phi) is 4.39. The van der Waals surface area contributed by atoms with Crippen LogP contribution in [-0.2, 0) is 0 Å². The van der Waals surface area contributed by atoms with E-state index in [1.165, 1.54) is 12.8 Å². The number of urea groups is 1. The number of benzene rings is 1. The maximum Gasteiger partial charge on any atom is 0.319 e. The number of nitrogens with zero attached hydrogens (tertiary/aromatic N) is 1. The SMILES string of the molecule is CC(=NO)c1ccc(NC(=O)NC2CCCC2)cc1. The normalized spacial score (nSPS) is 16.4. The van der Waals surface area contributed by atoms with E-state index in [9.17, 15) is 4.79 Å². The minimum Gasteiger partial charge on any atom is -0.411 e. The number of carbonyl (C=O) groups is 1. The van der Waals surface area contributed by atoms with E-state index in [1.54, 1.807) is 31.2 Å². The zero-order valence-electron chi connectivity index (χ0n) is 11.0. The van der Waals surface area contributed by atoms with E-state index in [0.717, 1.165) is 24.1 Å². The van der Waals surface area contributed by atoms with E-state index >= 15 is 0 Å². The molecule has 0 radical (unpaired) electrons. The summed E-state index contributed by atoms with van der Waals surface area (Å²) in [5.41, 5.74) is 2.09. The first-order valence-corrected chi connectivity index (χ1v) is 6.55. The fraction of sp³-hybridized carbons (Fsp3) is 0.429. The summed E-state index contributed by atoms with van der Waals surface area (Å²) in [5, 5.41) is 17.6. The molecule has 0 spiro atoms. The monoisotopic (exact) mass is 261 g/mol. The Balaban J connectivity index is 1.90. The average molecular weight is 261 g/mol. The quantitative estimate of drug-likeness (QED) is 0.444. The Hall–Kier alpha value is -2.04. The van der Waals surface area contributed by atoms with Gasteiger partial charge in [0.1, 0.15) is 0 Å². The zero-order valence-corrected chi connectivity index (χ0v) is 11.0. The molecule has 0 atom stereocenters. The molecule has 0 heterocycles. The summed E-state index contributed by atoms with van der Waals surface area (Å²) in [6.07, 6.45) is 4.52. The van der Waals surface area contributed by atoms with Gasteiger partial charge < -0.3 is 15.8 Å². The predicted octanol–water partition coefficient (Wildman–Crippen LogP) is 2.95. The summed E-state index contributed by atoms with van der Waals surface area (Å²) < 4.78 is 0. The zero-order chi connectivity index (χ0) is 13.7. The van der Waals surface area contributed by atoms with E-state index < -0.39 is 0 Å². The number of nitrogens with one attached hydrogen (secondary N) is 2. The maximum absolute atomic E-state index is 11.8. The van der Waals surface area contributed by atoms with Gasteiger partial charge in [-0.25, -0.2) is 4.79 Å². The van der Waals surface area contributed by atoms with E-state index in [2.05, 4.69) is 15.8 Å². The molecule has 1 fully saturated rings. The molecule has 102 valence electrons. The summed E-state index contributed by atoms with van der Waals surface area (Å²) in [4.78, 5) is 11.8. The van der Waals surface area contributed by atoms with Gasteiger partial charge in [-0.2, -0.15) is 0 Å². The number of hydrogen-bond acceptors (Lipinski definition) is 3. The predicted molar refractivity (Wildman–Crippen MR) is 74.8 cm³/mol. The number of anilines is 1. The fourth-order valence-corrected chi connectivity index (χ4v) is 2.28. The number of amides is 2. The second-order valence-electron chi connectivity index (χ2n) is 4.84. The van der Waals surface area contributed by atoms with Crippen LogP contribution < -0.4 is 10.6 Å². The van der Waals surface area contributed by atoms with Crippen LogP contribution in [0, 0.1) is 0 Å². The minimum absolute atomic E-state index is 0.160. The van der Waals surface area contributed by atoms with Crippen LogP contribution in [0.25, 0.3) is 0 Å². The van der Waals surface area contributed by atoms with Gasteiger partial charge in [-0.1, -0.05) is 30.1 Å². The van der Waals surface area contributed by atoms with Crippen molar-refractivity contribution in [1.82, 2.24) is 5.32 Å². The molecule has 0 aliphatic heterocycles. The molecular weight excluding hydrogens is 242 g/mol. The van der Waals surface area contributed by atoms with Gasteiger partial charge in [-0.15, -0.1) is 0 Å². The smallest absolute Gasteiger partial charge is 0.319 e. The van der Waals surface area contributed by atoms with Crippen LogP contribution in [0.1, 0.15) is 38.2 Å². The molecule has 0 unspecified atom stereocenters. The summed E-state index contributed by atoms with van der Waals surface area (Å²) in [7, 11) is 0. The lowest BCUT2D eigenvalue weighted by Crippen LogP contribution is -2.36. The molecular formula is C14H19N3O2. The van der Waals surface area contributed by atoms with Crippen LogP contribution in [-0.4, -0.2) is 23.0 Å². The van der Waals surface area contributed by atoms with Gasteiger partial charge in [0.15, 0.2) is 0 Å². The number of oxime groups is 1. The van der Waals surface area contributed by atoms with Gasteiger partial charge in [0, 0.05) is 11.7 Å². The minimum atomic E-state index is -0.160. The van der Waals surface area contributed by atoms with Crippen molar-refractivity contribution in [3.63, 3.8) is 0 Å². The summed E-state index contributed by atoms with van der Waals surface area (Å²) in [6, 6.07) is 7.34. The first-order valence-electron chi connectivity index (χ1n) is 6.55. The Morgan fingerprint density at radius 2 is 1.89 bits per heavy atom. The largest absolute Gasteiger partial charge is 0.411 e. The van der Waals surface area contributed by atoms with Gasteiger partial charge in [-0.05, 0) is 37.5 Å². The Morgan fingerprint density at radius 1 is 1.26 bits per heavy atom. The molecule has 1 saturated carbocycles. The van der Waals surface area contributed by atoms with Crippen molar-refractivity contribution in [3.05, 3.63) is 29.8 Å². The third-order valence-electron chi connectivity index (χ3n) is 3.40. The highest BCUT2D eigenvalue weighted by Crippen LogP contribution is 2.18. The number of carbonyl (C=O) groups excluding carboxylic acids is 1. The second kappa shape index (κ2) is 6.22. The Labute approximate surface area is 112 Å². The molecule has 3 N–H and O–H groups in total. The van der Waals surface area contributed by atoms with E-state index in [-0.39, 0.29) is 6.03 Å². The van der Waals surface area contributed by atoms with Crippen molar-refractivity contribution in [3.8, 4) is 0 Å². The molecule has 5 nitrogen and oxygen atoms in total. The van der Waals surface area contributed by atoms with Crippen LogP contribution in [0.3, 0.4) is 0 Å². The number of rotatable bonds is 3. The number of hydrogen-bond donors (Lipinski definition) is 3. The van der Waals surface area contributed by atoms with Gasteiger partial charge in [-0.3, -0.25) is 0 Å². The maximum atomic E-state index is 11.8. The summed E-state index contributed by atoms with van der Waals surface area (Å²) in [5.74, 6) is 0. The fourth-order valence-electron chi connectivity index (χ4n) is 2.28. The molecule has 0 aromatic heterocycles. The highest BCUT2D eigenvalue weighted by molar-refractivity contribution is 5.99. The topological polar surface area (TPSA) is 73.7 Å². The van der Waals surface area contributed by atoms with Gasteiger partial charge in [0.05, 0.1) is 5.71 Å². The molecule has 5 heteroatoms. The van der Waals surface area contributed by atoms with Crippen LogP contribution in [0.2, 0.25) is 0 Å². The standard InChI is InChI=1S/C14H19N3O2/c1-10(17-19)11-6-8-13(9-7-11)16-14(18)15-12-4-2-3-5-12/h6-9,12,19H,2-5H2,1H3,(H2,15,16,18). The van der Waals surface area contributed by atoms with Gasteiger partial charge in [0.2, 0.25) is 0 Å². The summed E-state index contributed by atoms with van der Waals surface area (Å²) >= 11 is 0. The molecule has 1 aliphatic carbocycles. The first-order chi connectivity index (χ1) is 9.19. The highest BCUT2D eigenvalue weighted by Gasteiger charge is 2.16. The average Bonchev–Trinajstić information content (AvgIpc) is 2.91. The molecule has 0 saturated heterocycles. The molecule has 0 bridgehead atoms. The van der Waals surface area contributed by atoms with Crippen molar-refractivity contribution in [1.29, 1.82) is 0 Å². The Bertz CT molecular complexity index is 462. The lowest BCUT2D eigenvalue weighted by atomic mass is 10.1. The highest BCUT2D eigenvalue weighted by atomic mass is 16.4. The Morgan fingerprint density at radius 3 is 2.47 bits per heavy atom. The van der Waals surface area contributed by atoms with Crippen LogP contribution in [0.4, 0.5) is 10.5 Å². The molecule has 1 aromatic rings. The van der Waals surface area contributed by atoms with E-state index in [0.29, 0.717) is 11.8 Å². The third-order valence-corrected chi connectivity index (χ3v) is 3.40. The second-order valence-corrected chi connectivity index (χ2v) is 4.84. The van der Waals surface area contributed by atoms with E-state index in [1.807, 2.05) is 0 Å². The van der Waals surface area contributed by atoms with Crippen molar-refractivity contribution < 1.29 is 10.0 Å². The van der Waals surface area contributed by atoms with Gasteiger partial charge in [0.25, 0.3) is 0 Å². The van der Waals surface area contributed by atoms with Crippen molar-refractivity contribution >= 4 is 17.4 Å². The lowest BCUT2D eigenvalue weighted by Gasteiger charge is -2.13. The first kappa shape index (κ1) is 13.4. The molecule has 2 rings (SSSR count). The van der Waals surface area contributed by atoms with Crippen molar-refractivity contribution in [2.75, 3.05) is 5.32 Å². The van der Waals surface area contributed by atoms with E-state index in [4.69, 9.17) is 5.21 Å². The molecule has 1 aromatic carbocycles. The molecule has 19 heavy (non-hydrogen) atoms. The van der Waals surface area contributed by atoms with Crippen LogP contribution in [0.5, 0.6) is 0 Å². The summed E-state index contributed by atoms with van der Waals surface area (Å²) in [6.45, 7) is 1.72. The third kappa shape index (κ3) is 3.71. The van der Waals surface area contributed by atoms with Gasteiger partial charge >= 0.3 is 6.03 Å². The molecule has 2 amide bonds. The van der Waals surface area contributed by atoms with Crippen LogP contribution >= 0.6 is 0 Å². The van der Waals surface area contributed by atoms with Crippen LogP contribution in [0.15, 0.2) is 29.4 Å². The van der Waals surface area contributed by atoms with Crippen molar-refractivity contribution in [2.45, 2.75) is 38.6 Å².